The molecule has 1 aliphatic heterocycles. The number of amides is 2. The number of nitrogens with zero attached hydrogens (tertiary/aromatic N) is 2. The summed E-state index contributed by atoms with van der Waals surface area (Å²) >= 11 is 6.04. The van der Waals surface area contributed by atoms with Gasteiger partial charge in [0.2, 0.25) is 5.91 Å². The highest BCUT2D eigenvalue weighted by molar-refractivity contribution is 6.30. The molecule has 0 radical (unpaired) electrons. The highest BCUT2D eigenvalue weighted by Crippen LogP contribution is 2.20. The number of hydrogen-bond donors (Lipinski definition) is 2. The molecule has 1 saturated carbocycles. The molecule has 172 valence electrons. The van der Waals surface area contributed by atoms with Gasteiger partial charge in [0.05, 0.1) is 5.36 Å². The smallest absolute Gasteiger partial charge is 0.255 e. The van der Waals surface area contributed by atoms with Crippen LogP contribution in [0, 0.1) is 0 Å². The Morgan fingerprint density at radius 2 is 1.74 bits per heavy atom. The minimum absolute atomic E-state index is 0.137. The molecule has 2 heterocycles. The predicted molar refractivity (Wildman–Crippen MR) is 130 cm³/mol. The Morgan fingerprint density at radius 1 is 0.971 bits per heavy atom. The molecule has 1 aromatic heterocycles. The molecule has 1 aliphatic carbocycles. The molecule has 34 heavy (non-hydrogen) atoms. The van der Waals surface area contributed by atoms with Crippen LogP contribution in [0.4, 0.5) is 0 Å². The van der Waals surface area contributed by atoms with Crippen molar-refractivity contribution in [3.63, 3.8) is 0 Å². The van der Waals surface area contributed by atoms with E-state index in [2.05, 4.69) is 15.6 Å². The van der Waals surface area contributed by atoms with Crippen molar-refractivity contribution >= 4 is 29.5 Å². The van der Waals surface area contributed by atoms with Crippen LogP contribution in [-0.4, -0.2) is 34.5 Å². The van der Waals surface area contributed by atoms with Crippen LogP contribution in [0.1, 0.15) is 29.6 Å². The second-order valence-corrected chi connectivity index (χ2v) is 8.96. The first-order valence-corrected chi connectivity index (χ1v) is 11.6. The van der Waals surface area contributed by atoms with E-state index in [-0.39, 0.29) is 29.5 Å². The molecule has 2 amide bonds. The molecule has 8 heteroatoms. The summed E-state index contributed by atoms with van der Waals surface area (Å²) in [5, 5.41) is 8.33. The van der Waals surface area contributed by atoms with Crippen molar-refractivity contribution < 1.29 is 9.59 Å². The molecule has 0 bridgehead atoms. The number of benzene rings is 2. The molecule has 0 saturated heterocycles. The monoisotopic (exact) mass is 474 g/mol. The van der Waals surface area contributed by atoms with Gasteiger partial charge in [0, 0.05) is 40.6 Å². The lowest BCUT2D eigenvalue weighted by Crippen LogP contribution is -2.50. The molecule has 1 fully saturated rings. The molecule has 7 nitrogen and oxygen atoms in total. The van der Waals surface area contributed by atoms with Gasteiger partial charge in [0.25, 0.3) is 11.5 Å². The number of carbonyl (C=O) groups excluding carboxylic acids is 2. The minimum atomic E-state index is -0.598. The summed E-state index contributed by atoms with van der Waals surface area (Å²) in [4.78, 5) is 42.2. The average Bonchev–Trinajstić information content (AvgIpc) is 3.46. The van der Waals surface area contributed by atoms with Crippen LogP contribution < -0.4 is 26.8 Å². The summed E-state index contributed by atoms with van der Waals surface area (Å²) in [6.07, 6.45) is 5.98. The first-order chi connectivity index (χ1) is 16.5. The Labute approximate surface area is 200 Å². The van der Waals surface area contributed by atoms with Crippen LogP contribution in [0.15, 0.2) is 76.6 Å². The minimum Gasteiger partial charge on any atom is -0.349 e. The van der Waals surface area contributed by atoms with E-state index in [0.717, 1.165) is 29.8 Å². The van der Waals surface area contributed by atoms with Gasteiger partial charge in [-0.25, -0.2) is 0 Å². The number of halogens is 1. The first kappa shape index (κ1) is 22.1. The third-order valence-corrected chi connectivity index (χ3v) is 6.50. The van der Waals surface area contributed by atoms with Crippen LogP contribution >= 0.6 is 11.6 Å². The van der Waals surface area contributed by atoms with E-state index in [1.165, 1.54) is 10.6 Å². The van der Waals surface area contributed by atoms with Gasteiger partial charge >= 0.3 is 0 Å². The molecule has 1 unspecified atom stereocenters. The van der Waals surface area contributed by atoms with Crippen LogP contribution in [0.3, 0.4) is 0 Å². The fourth-order valence-electron chi connectivity index (χ4n) is 4.51. The highest BCUT2D eigenvalue weighted by Gasteiger charge is 2.32. The SMILES string of the molecule is O=C(NC1CCC[C@H]1NC(=O)[C@@H]1C=c2cc(Cl)ccc2=N1)c1ccc(-n2ccccc2=O)cc1. The number of rotatable bonds is 5. The lowest BCUT2D eigenvalue weighted by molar-refractivity contribution is -0.121. The number of nitrogens with one attached hydrogen (secondary N) is 2. The number of pyridine rings is 1. The van der Waals surface area contributed by atoms with Crippen LogP contribution in [0.25, 0.3) is 11.8 Å². The van der Waals surface area contributed by atoms with Gasteiger partial charge < -0.3 is 10.6 Å². The van der Waals surface area contributed by atoms with E-state index in [9.17, 15) is 14.4 Å². The van der Waals surface area contributed by atoms with Crippen molar-refractivity contribution in [2.24, 2.45) is 4.99 Å². The lowest BCUT2D eigenvalue weighted by atomic mass is 10.1. The van der Waals surface area contributed by atoms with Crippen LogP contribution in [-0.2, 0) is 4.79 Å². The van der Waals surface area contributed by atoms with E-state index in [4.69, 9.17) is 11.6 Å². The largest absolute Gasteiger partial charge is 0.349 e. The summed E-state index contributed by atoms with van der Waals surface area (Å²) in [6.45, 7) is 0. The first-order valence-electron chi connectivity index (χ1n) is 11.2. The maximum absolute atomic E-state index is 12.9. The van der Waals surface area contributed by atoms with Crippen molar-refractivity contribution in [1.82, 2.24) is 15.2 Å². The molecular weight excluding hydrogens is 452 g/mol. The van der Waals surface area contributed by atoms with E-state index in [1.807, 2.05) is 0 Å². The lowest BCUT2D eigenvalue weighted by Gasteiger charge is -2.23. The zero-order valence-electron chi connectivity index (χ0n) is 18.3. The summed E-state index contributed by atoms with van der Waals surface area (Å²) in [6, 6.07) is 16.3. The quantitative estimate of drug-likeness (QED) is 0.590. The fourth-order valence-corrected chi connectivity index (χ4v) is 4.69. The topological polar surface area (TPSA) is 92.6 Å². The van der Waals surface area contributed by atoms with Crippen molar-refractivity contribution in [3.8, 4) is 5.69 Å². The Morgan fingerprint density at radius 3 is 2.50 bits per heavy atom. The van der Waals surface area contributed by atoms with Gasteiger partial charge in [-0.05, 0) is 79.1 Å². The third-order valence-electron chi connectivity index (χ3n) is 6.26. The van der Waals surface area contributed by atoms with Gasteiger partial charge in [-0.2, -0.15) is 0 Å². The maximum atomic E-state index is 12.9. The summed E-state index contributed by atoms with van der Waals surface area (Å²) in [7, 11) is 0. The second-order valence-electron chi connectivity index (χ2n) is 8.53. The van der Waals surface area contributed by atoms with Crippen molar-refractivity contribution in [3.05, 3.63) is 98.4 Å². The third kappa shape index (κ3) is 4.52. The van der Waals surface area contributed by atoms with Crippen molar-refractivity contribution in [2.45, 2.75) is 37.4 Å². The zero-order valence-corrected chi connectivity index (χ0v) is 19.0. The molecule has 3 atom stereocenters. The predicted octanol–water partition coefficient (Wildman–Crippen LogP) is 1.74. The van der Waals surface area contributed by atoms with Crippen LogP contribution in [0.2, 0.25) is 5.02 Å². The zero-order chi connectivity index (χ0) is 23.7. The van der Waals surface area contributed by atoms with Crippen LogP contribution in [0.5, 0.6) is 0 Å². The fraction of sp³-hybridized carbons (Fsp3) is 0.231. The number of carbonyl (C=O) groups is 2. The summed E-state index contributed by atoms with van der Waals surface area (Å²) in [5.74, 6) is -0.395. The molecule has 2 aliphatic rings. The second kappa shape index (κ2) is 9.27. The standard InChI is InChI=1S/C26H23ClN4O3/c27-18-9-12-20-17(14-18)15-23(28-20)26(34)30-22-5-3-4-21(22)29-25(33)16-7-10-19(11-8-16)31-13-2-1-6-24(31)32/h1-2,6-15,21-23H,3-5H2,(H,29,33)(H,30,34)/t21?,22-,23+/m1/s1. The molecule has 2 aromatic carbocycles. The van der Waals surface area contributed by atoms with E-state index < -0.39 is 6.04 Å². The number of aromatic nitrogens is 1. The average molecular weight is 475 g/mol. The highest BCUT2D eigenvalue weighted by atomic mass is 35.5. The van der Waals surface area contributed by atoms with Gasteiger partial charge in [-0.1, -0.05) is 17.7 Å². The Balaban J connectivity index is 1.23. The summed E-state index contributed by atoms with van der Waals surface area (Å²) < 4.78 is 1.52. The molecule has 0 spiro atoms. The number of fused-ring (bicyclic) bond motifs is 1. The Bertz CT molecular complexity index is 1430. The van der Waals surface area contributed by atoms with Gasteiger partial charge in [-0.15, -0.1) is 0 Å². The van der Waals surface area contributed by atoms with Gasteiger partial charge in [0.15, 0.2) is 0 Å². The maximum Gasteiger partial charge on any atom is 0.255 e. The number of hydrogen-bond acceptors (Lipinski definition) is 4. The molecular formula is C26H23ClN4O3. The van der Waals surface area contributed by atoms with Crippen molar-refractivity contribution in [1.29, 1.82) is 0 Å². The Kier molecular flexibility index (Phi) is 6.02. The van der Waals surface area contributed by atoms with E-state index >= 15 is 0 Å². The van der Waals surface area contributed by atoms with Gasteiger partial charge in [-0.3, -0.25) is 23.9 Å². The van der Waals surface area contributed by atoms with Gasteiger partial charge in [0.1, 0.15) is 6.04 Å². The van der Waals surface area contributed by atoms with E-state index in [1.54, 1.807) is 66.9 Å². The van der Waals surface area contributed by atoms with E-state index in [0.29, 0.717) is 16.3 Å². The summed E-state index contributed by atoms with van der Waals surface area (Å²) in [5.41, 5.74) is 1.05. The molecule has 5 rings (SSSR count). The Hall–Kier alpha value is -3.71. The van der Waals surface area contributed by atoms with Crippen molar-refractivity contribution in [2.75, 3.05) is 0 Å². The normalized spacial score (nSPS) is 20.7. The molecule has 3 aromatic rings. The molecule has 2 N–H and O–H groups in total.